The van der Waals surface area contributed by atoms with Gasteiger partial charge in [0.1, 0.15) is 12.1 Å². The number of aromatic nitrogens is 2. The Morgan fingerprint density at radius 2 is 1.03 bits per heavy atom. The van der Waals surface area contributed by atoms with E-state index in [0.717, 1.165) is 33.1 Å². The van der Waals surface area contributed by atoms with E-state index in [0.29, 0.717) is 35.7 Å². The van der Waals surface area contributed by atoms with E-state index in [2.05, 4.69) is 77.6 Å². The predicted molar refractivity (Wildman–Crippen MR) is 314 cm³/mol. The zero-order chi connectivity index (χ0) is 57.1. The zero-order valence-electron chi connectivity index (χ0n) is 48.5. The van der Waals surface area contributed by atoms with Crippen LogP contribution in [0.15, 0.2) is 84.1 Å². The molecule has 0 fully saturated rings. The molecule has 0 aliphatic carbocycles. The fourth-order valence-electron chi connectivity index (χ4n) is 9.62. The minimum absolute atomic E-state index is 0.180. The molecule has 6 amide bonds. The molecule has 2 aromatic heterocycles. The number of amides is 6. The van der Waals surface area contributed by atoms with E-state index < -0.39 is 45.8 Å². The second kappa shape index (κ2) is 26.7. The summed E-state index contributed by atoms with van der Waals surface area (Å²) in [4.78, 5) is 85.0. The normalized spacial score (nSPS) is 14.4. The number of carbonyl (C=O) groups excluding carboxylic acids is 6. The van der Waals surface area contributed by atoms with Gasteiger partial charge in [0.15, 0.2) is 0 Å². The van der Waals surface area contributed by atoms with Crippen molar-refractivity contribution >= 4 is 78.8 Å². The first kappa shape index (κ1) is 63.0. The summed E-state index contributed by atoms with van der Waals surface area (Å²) in [5.74, 6) is -0.276. The van der Waals surface area contributed by atoms with Crippen molar-refractivity contribution in [1.29, 1.82) is 0 Å². The topological polar surface area (TPSA) is 191 Å². The SMILES string of the molecule is CN[C@H](C(=O)NC(C(=O)N(C)C/C=C(\C)C(=O)NCCSSCCNC(=O)/C(C)=C/CN(C)C(=O)[C@@H](NC(=O)[C@@H](NC)C(C)(C)c1cc2ccccc2n1C)C(C)(C)C)C(C)(C)C)C(C)(C)c1cn(C)c2ccccc12. The average molecular weight is 1090 g/mol. The van der Waals surface area contributed by atoms with Crippen LogP contribution in [0.25, 0.3) is 21.8 Å². The van der Waals surface area contributed by atoms with Gasteiger partial charge in [0.25, 0.3) is 0 Å². The van der Waals surface area contributed by atoms with E-state index in [-0.39, 0.29) is 48.5 Å². The molecule has 76 heavy (non-hydrogen) atoms. The molecule has 6 N–H and O–H groups in total. The summed E-state index contributed by atoms with van der Waals surface area (Å²) in [5.41, 5.74) is 2.63. The van der Waals surface area contributed by atoms with Gasteiger partial charge in [-0.25, -0.2) is 0 Å². The van der Waals surface area contributed by atoms with Crippen LogP contribution in [0.5, 0.6) is 0 Å². The molecule has 2 aromatic carbocycles. The van der Waals surface area contributed by atoms with E-state index in [9.17, 15) is 28.8 Å². The Bertz CT molecular complexity index is 2760. The van der Waals surface area contributed by atoms with Crippen molar-refractivity contribution in [3.63, 3.8) is 0 Å². The summed E-state index contributed by atoms with van der Waals surface area (Å²) in [6, 6.07) is 15.4. The second-order valence-corrected chi connectivity index (χ2v) is 25.9. The molecule has 18 heteroatoms. The van der Waals surface area contributed by atoms with E-state index in [1.807, 2.05) is 108 Å². The Hall–Kier alpha value is -5.56. The molecule has 0 saturated carbocycles. The second-order valence-electron chi connectivity index (χ2n) is 23.2. The molecule has 0 bridgehead atoms. The highest BCUT2D eigenvalue weighted by molar-refractivity contribution is 8.76. The third kappa shape index (κ3) is 15.6. The lowest BCUT2D eigenvalue weighted by atomic mass is 9.76. The van der Waals surface area contributed by atoms with E-state index in [1.165, 1.54) is 9.80 Å². The zero-order valence-corrected chi connectivity index (χ0v) is 50.2. The predicted octanol–water partition coefficient (Wildman–Crippen LogP) is 6.59. The maximum Gasteiger partial charge on any atom is 0.246 e. The maximum absolute atomic E-state index is 14.1. The maximum atomic E-state index is 14.1. The first-order valence-electron chi connectivity index (χ1n) is 26.1. The van der Waals surface area contributed by atoms with Crippen LogP contribution < -0.4 is 31.9 Å². The number of fused-ring (bicyclic) bond motifs is 2. The summed E-state index contributed by atoms with van der Waals surface area (Å²) >= 11 is 0. The van der Waals surface area contributed by atoms with Gasteiger partial charge in [-0.2, -0.15) is 0 Å². The average Bonchev–Trinajstić information content (AvgIpc) is 3.89. The molecule has 0 radical (unpaired) electrons. The number of benzene rings is 2. The van der Waals surface area contributed by atoms with Gasteiger partial charge in [-0.3, -0.25) is 28.8 Å². The fraction of sp³-hybridized carbons (Fsp3) is 0.552. The van der Waals surface area contributed by atoms with E-state index in [1.54, 1.807) is 75.8 Å². The summed E-state index contributed by atoms with van der Waals surface area (Å²) in [7, 11) is 14.0. The van der Waals surface area contributed by atoms with Crippen LogP contribution in [0.3, 0.4) is 0 Å². The van der Waals surface area contributed by atoms with Gasteiger partial charge < -0.3 is 50.8 Å². The Balaban J connectivity index is 1.19. The monoisotopic (exact) mass is 1080 g/mol. The standard InChI is InChI=1S/C58H88N10O6S2/c1-37(27-31-65(15)53(73)47(55(3,4)5)63-51(71)45(59-13)57(9,10)41-36-67(17)43-26-22-20-24-40(41)43)49(69)61-29-33-75-76-34-30-62-50(70)38(2)28-32-66(16)54(74)48(56(6,7)8)64-52(72)46(60-14)58(11,12)44-35-39-23-19-21-25-42(39)68(44)18/h19-28,35-36,45-48,59-60H,29-34H2,1-18H3,(H,61,69)(H,62,70)(H,63,71)(H,64,72)/b37-27+,38-28+/t45-,46-,47?,48-/m1/s1. The Morgan fingerprint density at radius 1 is 0.605 bits per heavy atom. The highest BCUT2D eigenvalue weighted by Gasteiger charge is 2.43. The van der Waals surface area contributed by atoms with Crippen LogP contribution in [0.2, 0.25) is 0 Å². The molecule has 4 atom stereocenters. The number of hydrogen-bond acceptors (Lipinski definition) is 10. The van der Waals surface area contributed by atoms with Crippen molar-refractivity contribution in [2.75, 3.05) is 65.9 Å². The fourth-order valence-corrected chi connectivity index (χ4v) is 11.4. The van der Waals surface area contributed by atoms with Crippen molar-refractivity contribution in [2.45, 2.75) is 118 Å². The van der Waals surface area contributed by atoms with Gasteiger partial charge in [-0.15, -0.1) is 0 Å². The largest absolute Gasteiger partial charge is 0.351 e. The Labute approximate surface area is 460 Å². The van der Waals surface area contributed by atoms with Crippen LogP contribution >= 0.6 is 21.6 Å². The van der Waals surface area contributed by atoms with Crippen LogP contribution in [0.4, 0.5) is 0 Å². The highest BCUT2D eigenvalue weighted by atomic mass is 33.1. The lowest BCUT2D eigenvalue weighted by Crippen LogP contribution is -2.61. The minimum Gasteiger partial charge on any atom is -0.351 e. The molecule has 1 unspecified atom stereocenters. The van der Waals surface area contributed by atoms with Crippen molar-refractivity contribution in [2.24, 2.45) is 24.9 Å². The van der Waals surface area contributed by atoms with Crippen LogP contribution in [-0.4, -0.2) is 144 Å². The number of hydrogen-bond donors (Lipinski definition) is 6. The van der Waals surface area contributed by atoms with Crippen molar-refractivity contribution in [1.82, 2.24) is 50.8 Å². The summed E-state index contributed by atoms with van der Waals surface area (Å²) in [6.07, 6.45) is 5.49. The first-order chi connectivity index (χ1) is 35.4. The number of carbonyl (C=O) groups is 6. The molecule has 0 aliphatic heterocycles. The van der Waals surface area contributed by atoms with Gasteiger partial charge >= 0.3 is 0 Å². The molecule has 418 valence electrons. The minimum atomic E-state index is -0.826. The Kier molecular flexibility index (Phi) is 22.1. The molecule has 16 nitrogen and oxygen atoms in total. The van der Waals surface area contributed by atoms with Crippen LogP contribution in [-0.2, 0) is 53.7 Å². The lowest BCUT2D eigenvalue weighted by Gasteiger charge is -2.38. The molecule has 0 spiro atoms. The van der Waals surface area contributed by atoms with Gasteiger partial charge in [0, 0.05) is 116 Å². The first-order valence-corrected chi connectivity index (χ1v) is 28.6. The summed E-state index contributed by atoms with van der Waals surface area (Å²) in [5, 5.41) is 20.6. The quantitative estimate of drug-likeness (QED) is 0.0240. The van der Waals surface area contributed by atoms with Gasteiger partial charge in [-0.05, 0) is 67.9 Å². The molecule has 0 aliphatic rings. The van der Waals surface area contributed by atoms with Gasteiger partial charge in [-0.1, -0.05) is 139 Å². The molecule has 2 heterocycles. The van der Waals surface area contributed by atoms with Crippen LogP contribution in [0.1, 0.15) is 94.3 Å². The number of para-hydroxylation sites is 2. The molecular weight excluding hydrogens is 997 g/mol. The lowest BCUT2D eigenvalue weighted by molar-refractivity contribution is -0.139. The molecule has 4 aromatic rings. The molecular formula is C58H88N10O6S2. The summed E-state index contributed by atoms with van der Waals surface area (Å²) < 4.78 is 4.17. The number of nitrogens with zero attached hydrogens (tertiary/aromatic N) is 4. The molecule has 4 rings (SSSR count). The number of rotatable bonds is 25. The smallest absolute Gasteiger partial charge is 0.246 e. The Morgan fingerprint density at radius 3 is 1.46 bits per heavy atom. The van der Waals surface area contributed by atoms with E-state index in [4.69, 9.17) is 0 Å². The third-order valence-electron chi connectivity index (χ3n) is 14.4. The third-order valence-corrected chi connectivity index (χ3v) is 16.8. The number of likely N-dealkylation sites (N-methyl/N-ethyl adjacent to an activating group) is 4. The molecule has 0 saturated heterocycles. The van der Waals surface area contributed by atoms with Crippen molar-refractivity contribution in [3.8, 4) is 0 Å². The number of nitrogens with one attached hydrogen (secondary N) is 6. The van der Waals surface area contributed by atoms with Gasteiger partial charge in [0.2, 0.25) is 35.4 Å². The van der Waals surface area contributed by atoms with Gasteiger partial charge in [0.05, 0.1) is 12.1 Å². The van der Waals surface area contributed by atoms with Crippen LogP contribution in [0, 0.1) is 10.8 Å². The van der Waals surface area contributed by atoms with E-state index >= 15 is 0 Å². The van der Waals surface area contributed by atoms with Crippen molar-refractivity contribution < 1.29 is 28.8 Å². The summed E-state index contributed by atoms with van der Waals surface area (Å²) in [6.45, 7) is 24.3. The highest BCUT2D eigenvalue weighted by Crippen LogP contribution is 2.36. The number of aryl methyl sites for hydroxylation is 2. The van der Waals surface area contributed by atoms with Crippen molar-refractivity contribution in [3.05, 3.63) is 95.3 Å².